The van der Waals surface area contributed by atoms with Crippen LogP contribution in [0.2, 0.25) is 10.0 Å². The lowest BCUT2D eigenvalue weighted by Gasteiger charge is -2.19. The Morgan fingerprint density at radius 1 is 1.00 bits per heavy atom. The molecule has 106 valence electrons. The second-order valence-electron chi connectivity index (χ2n) is 4.46. The van der Waals surface area contributed by atoms with E-state index in [9.17, 15) is 0 Å². The molecule has 3 rings (SSSR count). The summed E-state index contributed by atoms with van der Waals surface area (Å²) >= 11 is 14.0. The summed E-state index contributed by atoms with van der Waals surface area (Å²) in [6, 6.07) is 15.7. The van der Waals surface area contributed by atoms with Gasteiger partial charge in [-0.3, -0.25) is 0 Å². The third kappa shape index (κ3) is 3.43. The molecule has 0 aliphatic heterocycles. The van der Waals surface area contributed by atoms with Gasteiger partial charge in [-0.15, -0.1) is 0 Å². The number of rotatable bonds is 4. The highest BCUT2D eigenvalue weighted by Crippen LogP contribution is 2.39. The fraction of sp³-hybridized carbons (Fsp3) is 0.0625. The van der Waals surface area contributed by atoms with Crippen LogP contribution in [-0.4, -0.2) is 9.55 Å². The van der Waals surface area contributed by atoms with Gasteiger partial charge in [0.1, 0.15) is 5.37 Å². The van der Waals surface area contributed by atoms with Gasteiger partial charge in [0, 0.05) is 32.9 Å². The molecular weight excluding hydrogens is 323 g/mol. The number of nitrogens with zero attached hydrogens (tertiary/aromatic N) is 2. The van der Waals surface area contributed by atoms with Crippen LogP contribution in [0.5, 0.6) is 0 Å². The van der Waals surface area contributed by atoms with Crippen LogP contribution in [0.4, 0.5) is 0 Å². The average molecular weight is 335 g/mol. The zero-order chi connectivity index (χ0) is 14.7. The predicted molar refractivity (Wildman–Crippen MR) is 89.1 cm³/mol. The van der Waals surface area contributed by atoms with Gasteiger partial charge in [-0.1, -0.05) is 53.2 Å². The molecule has 0 fully saturated rings. The number of hydrogen-bond donors (Lipinski definition) is 0. The van der Waals surface area contributed by atoms with E-state index < -0.39 is 0 Å². The SMILES string of the molecule is Clc1ccc(SC(c2ccccc2Cl)n2ccnc2)cc1. The minimum Gasteiger partial charge on any atom is -0.320 e. The first-order valence-electron chi connectivity index (χ1n) is 6.38. The summed E-state index contributed by atoms with van der Waals surface area (Å²) in [5, 5.41) is 1.51. The Hall–Kier alpha value is -1.42. The van der Waals surface area contributed by atoms with Crippen molar-refractivity contribution < 1.29 is 0 Å². The van der Waals surface area contributed by atoms with Crippen LogP contribution < -0.4 is 0 Å². The highest BCUT2D eigenvalue weighted by atomic mass is 35.5. The molecule has 1 aromatic heterocycles. The normalized spacial score (nSPS) is 12.3. The molecule has 0 saturated heterocycles. The van der Waals surface area contributed by atoms with Crippen LogP contribution in [0.25, 0.3) is 0 Å². The van der Waals surface area contributed by atoms with E-state index in [2.05, 4.69) is 4.98 Å². The van der Waals surface area contributed by atoms with E-state index in [-0.39, 0.29) is 5.37 Å². The van der Waals surface area contributed by atoms with Gasteiger partial charge in [-0.25, -0.2) is 4.98 Å². The number of benzene rings is 2. The number of halogens is 2. The minimum atomic E-state index is 0.0300. The largest absolute Gasteiger partial charge is 0.320 e. The van der Waals surface area contributed by atoms with E-state index in [0.29, 0.717) is 0 Å². The van der Waals surface area contributed by atoms with Crippen molar-refractivity contribution in [1.29, 1.82) is 0 Å². The quantitative estimate of drug-likeness (QED) is 0.584. The molecule has 5 heteroatoms. The average Bonchev–Trinajstić information content (AvgIpc) is 3.02. The highest BCUT2D eigenvalue weighted by molar-refractivity contribution is 7.99. The van der Waals surface area contributed by atoms with Crippen LogP contribution in [0, 0.1) is 0 Å². The molecule has 21 heavy (non-hydrogen) atoms. The summed E-state index contributed by atoms with van der Waals surface area (Å²) < 4.78 is 2.04. The molecule has 0 bridgehead atoms. The molecule has 1 unspecified atom stereocenters. The summed E-state index contributed by atoms with van der Waals surface area (Å²) in [6.45, 7) is 0. The number of thioether (sulfide) groups is 1. The lowest BCUT2D eigenvalue weighted by molar-refractivity contribution is 0.775. The Morgan fingerprint density at radius 3 is 2.43 bits per heavy atom. The highest BCUT2D eigenvalue weighted by Gasteiger charge is 2.17. The van der Waals surface area contributed by atoms with Gasteiger partial charge < -0.3 is 4.57 Å². The zero-order valence-corrected chi connectivity index (χ0v) is 13.3. The smallest absolute Gasteiger partial charge is 0.112 e. The van der Waals surface area contributed by atoms with Gasteiger partial charge in [0.2, 0.25) is 0 Å². The Morgan fingerprint density at radius 2 is 1.76 bits per heavy atom. The Bertz CT molecular complexity index is 711. The van der Waals surface area contributed by atoms with E-state index >= 15 is 0 Å². The summed E-state index contributed by atoms with van der Waals surface area (Å²) in [7, 11) is 0. The van der Waals surface area contributed by atoms with Crippen LogP contribution in [0.1, 0.15) is 10.9 Å². The van der Waals surface area contributed by atoms with Gasteiger partial charge in [0.15, 0.2) is 0 Å². The molecule has 0 amide bonds. The van der Waals surface area contributed by atoms with Crippen LogP contribution >= 0.6 is 35.0 Å². The Labute approximate surface area is 137 Å². The number of hydrogen-bond acceptors (Lipinski definition) is 2. The maximum Gasteiger partial charge on any atom is 0.112 e. The van der Waals surface area contributed by atoms with Gasteiger partial charge in [0.25, 0.3) is 0 Å². The molecular formula is C16H12Cl2N2S. The van der Waals surface area contributed by atoms with Gasteiger partial charge >= 0.3 is 0 Å². The fourth-order valence-electron chi connectivity index (χ4n) is 2.01. The molecule has 2 nitrogen and oxygen atoms in total. The Balaban J connectivity index is 1.97. The van der Waals surface area contributed by atoms with Gasteiger partial charge in [0.05, 0.1) is 6.33 Å². The number of imidazole rings is 1. The molecule has 2 aromatic carbocycles. The molecule has 0 N–H and O–H groups in total. The van der Waals surface area contributed by atoms with Crippen molar-refractivity contribution in [2.45, 2.75) is 10.3 Å². The van der Waals surface area contributed by atoms with E-state index in [0.717, 1.165) is 20.5 Å². The molecule has 0 radical (unpaired) electrons. The topological polar surface area (TPSA) is 17.8 Å². The summed E-state index contributed by atoms with van der Waals surface area (Å²) in [5.74, 6) is 0. The molecule has 0 aliphatic carbocycles. The van der Waals surface area contributed by atoms with E-state index in [1.54, 1.807) is 24.3 Å². The van der Waals surface area contributed by atoms with Crippen LogP contribution in [-0.2, 0) is 0 Å². The Kier molecular flexibility index (Phi) is 4.54. The summed E-state index contributed by atoms with van der Waals surface area (Å²) in [5.41, 5.74) is 1.05. The summed E-state index contributed by atoms with van der Waals surface area (Å²) in [4.78, 5) is 5.26. The first kappa shape index (κ1) is 14.5. The third-order valence-corrected chi connectivity index (χ3v) is 4.89. The maximum absolute atomic E-state index is 6.36. The lowest BCUT2D eigenvalue weighted by atomic mass is 10.2. The second-order valence-corrected chi connectivity index (χ2v) is 6.45. The predicted octanol–water partition coefficient (Wildman–Crippen LogP) is 5.53. The first-order valence-corrected chi connectivity index (χ1v) is 8.02. The first-order chi connectivity index (χ1) is 10.2. The van der Waals surface area contributed by atoms with Crippen molar-refractivity contribution in [1.82, 2.24) is 9.55 Å². The lowest BCUT2D eigenvalue weighted by Crippen LogP contribution is -2.05. The fourth-order valence-corrected chi connectivity index (χ4v) is 3.57. The standard InChI is InChI=1S/C16H12Cl2N2S/c17-12-5-7-13(8-6-12)21-16(20-10-9-19-11-20)14-3-1-2-4-15(14)18/h1-11,16H. The van der Waals surface area contributed by atoms with Crippen LogP contribution in [0.3, 0.4) is 0 Å². The van der Waals surface area contributed by atoms with Crippen molar-refractivity contribution >= 4 is 35.0 Å². The molecule has 1 atom stereocenters. The van der Waals surface area contributed by atoms with Gasteiger partial charge in [-0.05, 0) is 30.3 Å². The summed E-state index contributed by atoms with van der Waals surface area (Å²) in [6.07, 6.45) is 5.51. The zero-order valence-electron chi connectivity index (χ0n) is 11.0. The monoisotopic (exact) mass is 334 g/mol. The van der Waals surface area contributed by atoms with E-state index in [4.69, 9.17) is 23.2 Å². The molecule has 0 aliphatic rings. The number of aromatic nitrogens is 2. The van der Waals surface area contributed by atoms with Gasteiger partial charge in [-0.2, -0.15) is 0 Å². The van der Waals surface area contributed by atoms with E-state index in [1.807, 2.05) is 59.3 Å². The van der Waals surface area contributed by atoms with Crippen molar-refractivity contribution in [3.8, 4) is 0 Å². The minimum absolute atomic E-state index is 0.0300. The second kappa shape index (κ2) is 6.56. The molecule has 3 aromatic rings. The molecule has 0 saturated carbocycles. The molecule has 1 heterocycles. The van der Waals surface area contributed by atoms with Crippen molar-refractivity contribution in [3.63, 3.8) is 0 Å². The van der Waals surface area contributed by atoms with E-state index in [1.165, 1.54) is 0 Å². The van der Waals surface area contributed by atoms with Crippen molar-refractivity contribution in [3.05, 3.63) is 82.9 Å². The third-order valence-electron chi connectivity index (χ3n) is 3.03. The van der Waals surface area contributed by atoms with Crippen molar-refractivity contribution in [2.75, 3.05) is 0 Å². The molecule has 0 spiro atoms. The van der Waals surface area contributed by atoms with Crippen LogP contribution in [0.15, 0.2) is 72.1 Å². The maximum atomic E-state index is 6.36. The van der Waals surface area contributed by atoms with Crippen molar-refractivity contribution in [2.24, 2.45) is 0 Å².